The quantitative estimate of drug-likeness (QED) is 0.512. The van der Waals surface area contributed by atoms with Crippen LogP contribution in [-0.2, 0) is 22.5 Å². The zero-order valence-electron chi connectivity index (χ0n) is 20.6. The van der Waals surface area contributed by atoms with Gasteiger partial charge >= 0.3 is 0 Å². The van der Waals surface area contributed by atoms with Crippen LogP contribution in [0.2, 0.25) is 0 Å². The molecule has 0 aliphatic carbocycles. The number of benzene rings is 2. The van der Waals surface area contributed by atoms with Crippen LogP contribution in [0.25, 0.3) is 10.9 Å². The van der Waals surface area contributed by atoms with E-state index in [9.17, 15) is 4.79 Å². The number of hydrogen-bond acceptors (Lipinski definition) is 5. The lowest BCUT2D eigenvalue weighted by atomic mass is 9.96. The van der Waals surface area contributed by atoms with Crippen molar-refractivity contribution in [1.82, 2.24) is 14.8 Å². The van der Waals surface area contributed by atoms with Gasteiger partial charge in [-0.05, 0) is 54.5 Å². The van der Waals surface area contributed by atoms with Gasteiger partial charge in [-0.15, -0.1) is 0 Å². The number of carbonyl (C=O) groups is 1. The summed E-state index contributed by atoms with van der Waals surface area (Å²) >= 11 is 0. The molecule has 2 aliphatic rings. The summed E-state index contributed by atoms with van der Waals surface area (Å²) in [6.07, 6.45) is 5.18. The van der Waals surface area contributed by atoms with E-state index in [1.807, 2.05) is 23.2 Å². The zero-order chi connectivity index (χ0) is 24.0. The molecule has 2 aliphatic heterocycles. The predicted molar refractivity (Wildman–Crippen MR) is 137 cm³/mol. The van der Waals surface area contributed by atoms with Crippen LogP contribution in [0.5, 0.6) is 5.75 Å². The molecule has 2 atom stereocenters. The lowest BCUT2D eigenvalue weighted by Gasteiger charge is -2.25. The Bertz CT molecular complexity index is 1140. The van der Waals surface area contributed by atoms with Crippen LogP contribution in [0.1, 0.15) is 30.9 Å². The minimum atomic E-state index is 0.150. The summed E-state index contributed by atoms with van der Waals surface area (Å²) in [5, 5.41) is 1.17. The summed E-state index contributed by atoms with van der Waals surface area (Å²) in [7, 11) is 0. The summed E-state index contributed by atoms with van der Waals surface area (Å²) in [6, 6.07) is 18.9. The van der Waals surface area contributed by atoms with E-state index in [0.717, 1.165) is 69.9 Å². The highest BCUT2D eigenvalue weighted by molar-refractivity contribution is 5.81. The van der Waals surface area contributed by atoms with E-state index in [2.05, 4.69) is 52.3 Å². The maximum atomic E-state index is 12.3. The standard InChI is InChI=1S/C29H35N3O3/c1-22(33)32-14-13-31(18-23-6-2-10-27(17-23)35-21-28-11-5-15-34-28)19-24(20-32)16-26-8-3-7-25-9-4-12-30-29(25)26/h2-4,6-10,12,17,24,28H,5,11,13-16,18-21H2,1H3/t24-,28-/m0/s1. The zero-order valence-corrected chi connectivity index (χ0v) is 20.6. The van der Waals surface area contributed by atoms with Crippen LogP contribution in [0.3, 0.4) is 0 Å². The molecule has 6 nitrogen and oxygen atoms in total. The second kappa shape index (κ2) is 11.2. The molecule has 2 aromatic carbocycles. The molecule has 0 radical (unpaired) electrons. The lowest BCUT2D eigenvalue weighted by Crippen LogP contribution is -2.34. The first-order chi connectivity index (χ1) is 17.1. The monoisotopic (exact) mass is 473 g/mol. The fourth-order valence-corrected chi connectivity index (χ4v) is 5.34. The summed E-state index contributed by atoms with van der Waals surface area (Å²) < 4.78 is 11.7. The number of amides is 1. The molecule has 3 aromatic rings. The summed E-state index contributed by atoms with van der Waals surface area (Å²) in [4.78, 5) is 21.5. The van der Waals surface area contributed by atoms with Gasteiger partial charge in [-0.3, -0.25) is 14.7 Å². The van der Waals surface area contributed by atoms with Crippen molar-refractivity contribution in [2.45, 2.75) is 38.8 Å². The normalized spacial score (nSPS) is 21.2. The van der Waals surface area contributed by atoms with Gasteiger partial charge in [0.1, 0.15) is 12.4 Å². The maximum Gasteiger partial charge on any atom is 0.219 e. The van der Waals surface area contributed by atoms with E-state index < -0.39 is 0 Å². The van der Waals surface area contributed by atoms with Crippen molar-refractivity contribution in [3.8, 4) is 5.75 Å². The largest absolute Gasteiger partial charge is 0.491 e. The Morgan fingerprint density at radius 2 is 2.00 bits per heavy atom. The van der Waals surface area contributed by atoms with E-state index in [-0.39, 0.29) is 12.0 Å². The van der Waals surface area contributed by atoms with Crippen LogP contribution < -0.4 is 4.74 Å². The molecule has 35 heavy (non-hydrogen) atoms. The molecule has 2 saturated heterocycles. The molecule has 184 valence electrons. The van der Waals surface area contributed by atoms with Gasteiger partial charge < -0.3 is 14.4 Å². The van der Waals surface area contributed by atoms with E-state index >= 15 is 0 Å². The number of para-hydroxylation sites is 1. The Kier molecular flexibility index (Phi) is 7.60. The van der Waals surface area contributed by atoms with Crippen molar-refractivity contribution in [2.75, 3.05) is 39.4 Å². The highest BCUT2D eigenvalue weighted by atomic mass is 16.5. The van der Waals surface area contributed by atoms with Gasteiger partial charge in [-0.25, -0.2) is 0 Å². The third kappa shape index (κ3) is 6.19. The number of ether oxygens (including phenoxy) is 2. The van der Waals surface area contributed by atoms with Gasteiger partial charge in [0.05, 0.1) is 11.6 Å². The Morgan fingerprint density at radius 3 is 2.86 bits per heavy atom. The van der Waals surface area contributed by atoms with E-state index in [4.69, 9.17) is 9.47 Å². The summed E-state index contributed by atoms with van der Waals surface area (Å²) in [5.74, 6) is 1.39. The maximum absolute atomic E-state index is 12.3. The van der Waals surface area contributed by atoms with Gasteiger partial charge in [0.25, 0.3) is 0 Å². The van der Waals surface area contributed by atoms with Crippen molar-refractivity contribution in [1.29, 1.82) is 0 Å². The van der Waals surface area contributed by atoms with Crippen molar-refractivity contribution < 1.29 is 14.3 Å². The van der Waals surface area contributed by atoms with E-state index in [0.29, 0.717) is 12.5 Å². The SMILES string of the molecule is CC(=O)N1CCN(Cc2cccc(OC[C@@H]3CCCO3)c2)C[C@H](Cc2cccc3cccnc23)C1. The van der Waals surface area contributed by atoms with Crippen LogP contribution >= 0.6 is 0 Å². The van der Waals surface area contributed by atoms with E-state index in [1.54, 1.807) is 6.92 Å². The van der Waals surface area contributed by atoms with E-state index in [1.165, 1.54) is 16.5 Å². The average molecular weight is 474 g/mol. The Hall–Kier alpha value is -2.96. The second-order valence-corrected chi connectivity index (χ2v) is 9.86. The molecular formula is C29H35N3O3. The van der Waals surface area contributed by atoms with Gasteiger partial charge in [0.15, 0.2) is 0 Å². The van der Waals surface area contributed by atoms with Gasteiger partial charge in [0.2, 0.25) is 5.91 Å². The Labute approximate surface area is 207 Å². The molecule has 0 N–H and O–H groups in total. The first-order valence-corrected chi connectivity index (χ1v) is 12.8. The molecule has 0 bridgehead atoms. The van der Waals surface area contributed by atoms with Crippen LogP contribution in [0, 0.1) is 5.92 Å². The number of fused-ring (bicyclic) bond motifs is 1. The fourth-order valence-electron chi connectivity index (χ4n) is 5.34. The second-order valence-electron chi connectivity index (χ2n) is 9.86. The van der Waals surface area contributed by atoms with Crippen LogP contribution in [-0.4, -0.2) is 66.2 Å². The summed E-state index contributed by atoms with van der Waals surface area (Å²) in [5.41, 5.74) is 3.55. The van der Waals surface area contributed by atoms with Crippen molar-refractivity contribution in [2.24, 2.45) is 5.92 Å². The molecular weight excluding hydrogens is 438 g/mol. The fraction of sp³-hybridized carbons (Fsp3) is 0.448. The number of hydrogen-bond donors (Lipinski definition) is 0. The van der Waals surface area contributed by atoms with Crippen LogP contribution in [0.15, 0.2) is 60.8 Å². The molecule has 3 heterocycles. The molecule has 2 fully saturated rings. The third-order valence-electron chi connectivity index (χ3n) is 7.12. The average Bonchev–Trinajstić information content (AvgIpc) is 3.31. The highest BCUT2D eigenvalue weighted by Crippen LogP contribution is 2.23. The van der Waals surface area contributed by atoms with Crippen molar-refractivity contribution in [3.63, 3.8) is 0 Å². The summed E-state index contributed by atoms with van der Waals surface area (Å²) in [6.45, 7) is 7.32. The highest BCUT2D eigenvalue weighted by Gasteiger charge is 2.25. The lowest BCUT2D eigenvalue weighted by molar-refractivity contribution is -0.129. The van der Waals surface area contributed by atoms with Gasteiger partial charge in [0, 0.05) is 57.8 Å². The Morgan fingerprint density at radius 1 is 1.11 bits per heavy atom. The molecule has 0 spiro atoms. The molecule has 1 aromatic heterocycles. The molecule has 5 rings (SSSR count). The van der Waals surface area contributed by atoms with Crippen molar-refractivity contribution >= 4 is 16.8 Å². The molecule has 1 amide bonds. The number of nitrogens with zero attached hydrogens (tertiary/aromatic N) is 3. The number of carbonyl (C=O) groups excluding carboxylic acids is 1. The predicted octanol–water partition coefficient (Wildman–Crippen LogP) is 4.32. The van der Waals surface area contributed by atoms with Gasteiger partial charge in [-0.1, -0.05) is 36.4 Å². The number of rotatable bonds is 7. The van der Waals surface area contributed by atoms with Crippen molar-refractivity contribution in [3.05, 3.63) is 71.9 Å². The van der Waals surface area contributed by atoms with Gasteiger partial charge in [-0.2, -0.15) is 0 Å². The Balaban J connectivity index is 1.28. The van der Waals surface area contributed by atoms with Crippen LogP contribution in [0.4, 0.5) is 0 Å². The molecule has 0 unspecified atom stereocenters. The first-order valence-electron chi connectivity index (χ1n) is 12.8. The molecule has 6 heteroatoms. The minimum Gasteiger partial charge on any atom is -0.491 e. The minimum absolute atomic E-state index is 0.150. The number of aromatic nitrogens is 1. The topological polar surface area (TPSA) is 54.9 Å². The smallest absolute Gasteiger partial charge is 0.219 e. The first kappa shape index (κ1) is 23.8. The number of pyridine rings is 1. The molecule has 0 saturated carbocycles. The third-order valence-corrected chi connectivity index (χ3v) is 7.12.